The molecule has 5 nitrogen and oxygen atoms in total. The van der Waals surface area contributed by atoms with E-state index in [1.165, 1.54) is 14.2 Å². The van der Waals surface area contributed by atoms with Gasteiger partial charge in [0, 0.05) is 7.11 Å². The molecule has 106 valence electrons. The largest absolute Gasteiger partial charge is 0.587 e. The fourth-order valence-corrected chi connectivity index (χ4v) is 2.48. The summed E-state index contributed by atoms with van der Waals surface area (Å²) in [4.78, 5) is 0. The van der Waals surface area contributed by atoms with E-state index in [-0.39, 0.29) is 5.75 Å². The minimum absolute atomic E-state index is 0.288. The minimum Gasteiger partial charge on any atom is -0.493 e. The van der Waals surface area contributed by atoms with Crippen LogP contribution in [0.3, 0.4) is 0 Å². The maximum absolute atomic E-state index is 12.5. The first kappa shape index (κ1) is 14.4. The third kappa shape index (κ3) is 3.53. The summed E-state index contributed by atoms with van der Waals surface area (Å²) in [6.45, 7) is 0. The first-order valence-electron chi connectivity index (χ1n) is 5.90. The van der Waals surface area contributed by atoms with Crippen LogP contribution in [-0.4, -0.2) is 14.2 Å². The molecule has 0 saturated carbocycles. The Hall–Kier alpha value is -1.97. The number of hydrogen-bond acceptors (Lipinski definition) is 5. The first-order chi connectivity index (χ1) is 9.67. The lowest BCUT2D eigenvalue weighted by Gasteiger charge is -2.18. The summed E-state index contributed by atoms with van der Waals surface area (Å²) in [5, 5.41) is 0. The zero-order valence-electron chi connectivity index (χ0n) is 11.2. The number of para-hydroxylation sites is 3. The van der Waals surface area contributed by atoms with Crippen molar-refractivity contribution in [3.05, 3.63) is 54.6 Å². The van der Waals surface area contributed by atoms with E-state index in [0.717, 1.165) is 0 Å². The molecule has 0 radical (unpaired) electrons. The van der Waals surface area contributed by atoms with Crippen LogP contribution in [0.15, 0.2) is 54.6 Å². The molecule has 0 aliphatic heterocycles. The Morgan fingerprint density at radius 2 is 1.40 bits per heavy atom. The van der Waals surface area contributed by atoms with Gasteiger partial charge in [-0.05, 0) is 24.3 Å². The lowest BCUT2D eigenvalue weighted by molar-refractivity contribution is 0.246. The van der Waals surface area contributed by atoms with E-state index in [2.05, 4.69) is 0 Å². The smallest absolute Gasteiger partial charge is 0.493 e. The summed E-state index contributed by atoms with van der Waals surface area (Å²) < 4.78 is 33.2. The highest BCUT2D eigenvalue weighted by atomic mass is 31.2. The lowest BCUT2D eigenvalue weighted by atomic mass is 10.3. The maximum atomic E-state index is 12.5. The average molecular weight is 294 g/mol. The molecule has 2 rings (SSSR count). The van der Waals surface area contributed by atoms with Gasteiger partial charge in [0.05, 0.1) is 7.11 Å². The van der Waals surface area contributed by atoms with Gasteiger partial charge in [0.2, 0.25) is 0 Å². The molecular formula is C14H15O5P. The monoisotopic (exact) mass is 294 g/mol. The second kappa shape index (κ2) is 6.46. The minimum atomic E-state index is -3.76. The van der Waals surface area contributed by atoms with Gasteiger partial charge in [-0.25, -0.2) is 4.57 Å². The Labute approximate surface area is 117 Å². The number of hydrogen-bond donors (Lipinski definition) is 0. The Morgan fingerprint density at radius 3 is 2.00 bits per heavy atom. The third-order valence-electron chi connectivity index (χ3n) is 2.46. The number of ether oxygens (including phenoxy) is 1. The zero-order valence-corrected chi connectivity index (χ0v) is 12.1. The van der Waals surface area contributed by atoms with Gasteiger partial charge in [-0.15, -0.1) is 0 Å². The van der Waals surface area contributed by atoms with Crippen LogP contribution >= 0.6 is 7.82 Å². The Morgan fingerprint density at radius 1 is 0.800 bits per heavy atom. The average Bonchev–Trinajstić information content (AvgIpc) is 2.49. The molecule has 6 heteroatoms. The van der Waals surface area contributed by atoms with Gasteiger partial charge in [-0.2, -0.15) is 0 Å². The fourth-order valence-electron chi connectivity index (χ4n) is 1.52. The normalized spacial score (nSPS) is 13.3. The van der Waals surface area contributed by atoms with Crippen LogP contribution in [0.2, 0.25) is 0 Å². The van der Waals surface area contributed by atoms with Crippen LogP contribution in [-0.2, 0) is 9.09 Å². The van der Waals surface area contributed by atoms with Crippen molar-refractivity contribution in [1.82, 2.24) is 0 Å². The van der Waals surface area contributed by atoms with Crippen molar-refractivity contribution >= 4 is 7.82 Å². The van der Waals surface area contributed by atoms with Crippen LogP contribution in [0.1, 0.15) is 0 Å². The van der Waals surface area contributed by atoms with Crippen molar-refractivity contribution in [2.45, 2.75) is 0 Å². The van der Waals surface area contributed by atoms with Gasteiger partial charge < -0.3 is 13.8 Å². The van der Waals surface area contributed by atoms with Gasteiger partial charge in [-0.1, -0.05) is 30.3 Å². The van der Waals surface area contributed by atoms with E-state index in [4.69, 9.17) is 18.3 Å². The van der Waals surface area contributed by atoms with Crippen LogP contribution in [0.4, 0.5) is 0 Å². The van der Waals surface area contributed by atoms with Crippen molar-refractivity contribution in [2.24, 2.45) is 0 Å². The van der Waals surface area contributed by atoms with E-state index >= 15 is 0 Å². The van der Waals surface area contributed by atoms with E-state index in [9.17, 15) is 4.57 Å². The van der Waals surface area contributed by atoms with Crippen LogP contribution < -0.4 is 13.8 Å². The SMILES string of the molecule is COc1ccccc1OP(=O)(OC)Oc1ccccc1. The Kier molecular flexibility index (Phi) is 4.66. The molecule has 0 N–H and O–H groups in total. The van der Waals surface area contributed by atoms with Gasteiger partial charge >= 0.3 is 7.82 Å². The molecule has 2 aromatic rings. The summed E-state index contributed by atoms with van der Waals surface area (Å²) >= 11 is 0. The van der Waals surface area contributed by atoms with Gasteiger partial charge in [-0.3, -0.25) is 4.52 Å². The predicted octanol–water partition coefficient (Wildman–Crippen LogP) is 3.91. The molecule has 0 heterocycles. The summed E-state index contributed by atoms with van der Waals surface area (Å²) in [7, 11) is -1.00. The second-order valence-corrected chi connectivity index (χ2v) is 5.40. The van der Waals surface area contributed by atoms with Crippen molar-refractivity contribution in [3.8, 4) is 17.2 Å². The van der Waals surface area contributed by atoms with E-state index in [0.29, 0.717) is 11.5 Å². The number of rotatable bonds is 6. The van der Waals surface area contributed by atoms with E-state index in [1.54, 1.807) is 48.5 Å². The molecular weight excluding hydrogens is 279 g/mol. The van der Waals surface area contributed by atoms with Crippen LogP contribution in [0, 0.1) is 0 Å². The fraction of sp³-hybridized carbons (Fsp3) is 0.143. The second-order valence-electron chi connectivity index (χ2n) is 3.78. The van der Waals surface area contributed by atoms with Gasteiger partial charge in [0.1, 0.15) is 5.75 Å². The zero-order chi connectivity index (χ0) is 14.4. The molecule has 0 saturated heterocycles. The molecule has 0 aliphatic rings. The molecule has 0 aromatic heterocycles. The topological polar surface area (TPSA) is 54.0 Å². The molecule has 0 spiro atoms. The molecule has 2 aromatic carbocycles. The molecule has 20 heavy (non-hydrogen) atoms. The van der Waals surface area contributed by atoms with Gasteiger partial charge in [0.25, 0.3) is 0 Å². The van der Waals surface area contributed by atoms with Crippen molar-refractivity contribution in [1.29, 1.82) is 0 Å². The van der Waals surface area contributed by atoms with E-state index < -0.39 is 7.82 Å². The number of benzene rings is 2. The predicted molar refractivity (Wildman–Crippen MR) is 75.3 cm³/mol. The molecule has 0 amide bonds. The Bertz CT molecular complexity index is 600. The number of methoxy groups -OCH3 is 1. The summed E-state index contributed by atoms with van der Waals surface area (Å²) in [6.07, 6.45) is 0. The molecule has 0 fully saturated rings. The highest BCUT2D eigenvalue weighted by molar-refractivity contribution is 7.49. The summed E-state index contributed by atoms with van der Waals surface area (Å²) in [6, 6.07) is 15.5. The Balaban J connectivity index is 2.21. The van der Waals surface area contributed by atoms with Crippen LogP contribution in [0.5, 0.6) is 17.2 Å². The van der Waals surface area contributed by atoms with Crippen molar-refractivity contribution in [2.75, 3.05) is 14.2 Å². The summed E-state index contributed by atoms with van der Waals surface area (Å²) in [5.41, 5.74) is 0. The quantitative estimate of drug-likeness (QED) is 0.756. The van der Waals surface area contributed by atoms with Crippen LogP contribution in [0.25, 0.3) is 0 Å². The molecule has 1 atom stereocenters. The lowest BCUT2D eigenvalue weighted by Crippen LogP contribution is -2.03. The molecule has 0 bridgehead atoms. The highest BCUT2D eigenvalue weighted by Crippen LogP contribution is 2.50. The highest BCUT2D eigenvalue weighted by Gasteiger charge is 2.30. The maximum Gasteiger partial charge on any atom is 0.587 e. The number of phosphoric acid groups is 1. The first-order valence-corrected chi connectivity index (χ1v) is 7.36. The number of phosphoric ester groups is 1. The van der Waals surface area contributed by atoms with Gasteiger partial charge in [0.15, 0.2) is 11.5 Å². The standard InChI is InChI=1S/C14H15O5P/c1-16-13-10-6-7-11-14(13)19-20(15,17-2)18-12-8-4-3-5-9-12/h3-11H,1-2H3. The van der Waals surface area contributed by atoms with Crippen molar-refractivity contribution < 1.29 is 22.9 Å². The molecule has 0 aliphatic carbocycles. The van der Waals surface area contributed by atoms with E-state index in [1.807, 2.05) is 6.07 Å². The molecule has 1 unspecified atom stereocenters. The third-order valence-corrected chi connectivity index (χ3v) is 3.77. The van der Waals surface area contributed by atoms with Crippen molar-refractivity contribution in [3.63, 3.8) is 0 Å². The summed E-state index contributed by atoms with van der Waals surface area (Å²) in [5.74, 6) is 1.13.